The van der Waals surface area contributed by atoms with E-state index in [1.54, 1.807) is 11.3 Å². The maximum absolute atomic E-state index is 4.36. The maximum Gasteiger partial charge on any atom is 0.208 e. The zero-order valence-corrected chi connectivity index (χ0v) is 15.3. The Labute approximate surface area is 137 Å². The number of aromatic nitrogens is 2. The molecular formula is C15H28N4S2. The van der Waals surface area contributed by atoms with Gasteiger partial charge in [-0.1, -0.05) is 43.4 Å². The molecule has 1 saturated carbocycles. The van der Waals surface area contributed by atoms with Gasteiger partial charge in [0.05, 0.1) is 0 Å². The first-order valence-corrected chi connectivity index (χ1v) is 9.74. The lowest BCUT2D eigenvalue weighted by atomic mass is 9.84. The molecule has 0 spiro atoms. The fourth-order valence-electron chi connectivity index (χ4n) is 2.84. The molecule has 3 atom stereocenters. The highest BCUT2D eigenvalue weighted by atomic mass is 32.2. The number of rotatable bonds is 7. The van der Waals surface area contributed by atoms with Gasteiger partial charge in [-0.25, -0.2) is 0 Å². The van der Waals surface area contributed by atoms with E-state index in [-0.39, 0.29) is 0 Å². The molecule has 3 unspecified atom stereocenters. The van der Waals surface area contributed by atoms with E-state index in [4.69, 9.17) is 0 Å². The van der Waals surface area contributed by atoms with Gasteiger partial charge in [0.2, 0.25) is 5.13 Å². The molecule has 1 fully saturated rings. The van der Waals surface area contributed by atoms with Crippen molar-refractivity contribution in [2.75, 3.05) is 25.5 Å². The Bertz CT molecular complexity index is 422. The Hall–Kier alpha value is -0.330. The van der Waals surface area contributed by atoms with Gasteiger partial charge in [0.1, 0.15) is 0 Å². The van der Waals surface area contributed by atoms with E-state index in [9.17, 15) is 0 Å². The van der Waals surface area contributed by atoms with E-state index in [1.807, 2.05) is 30.8 Å². The quantitative estimate of drug-likeness (QED) is 0.827. The minimum absolute atomic E-state index is 0.629. The smallest absolute Gasteiger partial charge is 0.208 e. The van der Waals surface area contributed by atoms with Gasteiger partial charge in [0.15, 0.2) is 4.34 Å². The van der Waals surface area contributed by atoms with E-state index >= 15 is 0 Å². The number of hydrogen-bond donors (Lipinski definition) is 1. The average Bonchev–Trinajstić information content (AvgIpc) is 2.94. The van der Waals surface area contributed by atoms with Crippen LogP contribution in [0.3, 0.4) is 0 Å². The predicted molar refractivity (Wildman–Crippen MR) is 93.6 cm³/mol. The van der Waals surface area contributed by atoms with E-state index in [1.165, 1.54) is 32.1 Å². The number of anilines is 1. The standard InChI is InChI=1S/C15H28N4S2/c1-5-9-16-12-8-7-11(6-2)10-13(12)20-15-18-17-14(21-15)19(3)4/h11-13,16H,5-10H2,1-4H3. The molecule has 0 aliphatic heterocycles. The van der Waals surface area contributed by atoms with Gasteiger partial charge in [-0.3, -0.25) is 0 Å². The van der Waals surface area contributed by atoms with Crippen molar-refractivity contribution < 1.29 is 0 Å². The summed E-state index contributed by atoms with van der Waals surface area (Å²) in [6, 6.07) is 0.629. The Morgan fingerprint density at radius 2 is 2.10 bits per heavy atom. The summed E-state index contributed by atoms with van der Waals surface area (Å²) in [6.45, 7) is 5.68. The Kier molecular flexibility index (Phi) is 6.76. The van der Waals surface area contributed by atoms with Gasteiger partial charge in [-0.05, 0) is 38.1 Å². The molecular weight excluding hydrogens is 300 g/mol. The summed E-state index contributed by atoms with van der Waals surface area (Å²) in [6.07, 6.45) is 6.48. The number of thioether (sulfide) groups is 1. The lowest BCUT2D eigenvalue weighted by molar-refractivity contribution is 0.295. The topological polar surface area (TPSA) is 41.1 Å². The van der Waals surface area contributed by atoms with Crippen LogP contribution in [0.1, 0.15) is 46.0 Å². The van der Waals surface area contributed by atoms with Crippen molar-refractivity contribution in [3.63, 3.8) is 0 Å². The Morgan fingerprint density at radius 1 is 1.29 bits per heavy atom. The van der Waals surface area contributed by atoms with Gasteiger partial charge in [0.25, 0.3) is 0 Å². The second-order valence-electron chi connectivity index (χ2n) is 6.05. The molecule has 1 aliphatic rings. The van der Waals surface area contributed by atoms with Gasteiger partial charge < -0.3 is 10.2 Å². The molecule has 0 bridgehead atoms. The third-order valence-electron chi connectivity index (χ3n) is 4.16. The molecule has 4 nitrogen and oxygen atoms in total. The molecule has 1 aromatic rings. The first-order chi connectivity index (χ1) is 10.1. The molecule has 120 valence electrons. The molecule has 1 aliphatic carbocycles. The summed E-state index contributed by atoms with van der Waals surface area (Å²) in [5.41, 5.74) is 0. The lowest BCUT2D eigenvalue weighted by Crippen LogP contribution is -2.42. The zero-order chi connectivity index (χ0) is 15.2. The van der Waals surface area contributed by atoms with Gasteiger partial charge >= 0.3 is 0 Å². The van der Waals surface area contributed by atoms with Crippen LogP contribution in [-0.2, 0) is 0 Å². The fraction of sp³-hybridized carbons (Fsp3) is 0.867. The predicted octanol–water partition coefficient (Wildman–Crippen LogP) is 3.64. The van der Waals surface area contributed by atoms with Crippen molar-refractivity contribution in [3.8, 4) is 0 Å². The third-order valence-corrected chi connectivity index (χ3v) is 6.70. The number of nitrogens with zero attached hydrogens (tertiary/aromatic N) is 3. The minimum Gasteiger partial charge on any atom is -0.353 e. The second-order valence-corrected chi connectivity index (χ2v) is 8.49. The van der Waals surface area contributed by atoms with Crippen molar-refractivity contribution >= 4 is 28.2 Å². The maximum atomic E-state index is 4.36. The molecule has 6 heteroatoms. The molecule has 0 saturated heterocycles. The van der Waals surface area contributed by atoms with E-state index < -0.39 is 0 Å². The van der Waals surface area contributed by atoms with Crippen LogP contribution < -0.4 is 10.2 Å². The SMILES string of the molecule is CCCNC1CCC(CC)CC1Sc1nnc(N(C)C)s1. The van der Waals surface area contributed by atoms with Crippen LogP contribution in [0.2, 0.25) is 0 Å². The van der Waals surface area contributed by atoms with E-state index in [0.717, 1.165) is 21.9 Å². The molecule has 1 N–H and O–H groups in total. The van der Waals surface area contributed by atoms with Crippen LogP contribution in [-0.4, -0.2) is 42.1 Å². The molecule has 2 rings (SSSR count). The number of hydrogen-bond acceptors (Lipinski definition) is 6. The van der Waals surface area contributed by atoms with Crippen molar-refractivity contribution in [1.29, 1.82) is 0 Å². The fourth-order valence-corrected chi connectivity index (χ4v) is 5.24. The first kappa shape index (κ1) is 17.0. The van der Waals surface area contributed by atoms with Crippen molar-refractivity contribution in [3.05, 3.63) is 0 Å². The van der Waals surface area contributed by atoms with Gasteiger partial charge in [0, 0.05) is 25.4 Å². The lowest BCUT2D eigenvalue weighted by Gasteiger charge is -2.35. The summed E-state index contributed by atoms with van der Waals surface area (Å²) in [4.78, 5) is 2.03. The molecule has 21 heavy (non-hydrogen) atoms. The van der Waals surface area contributed by atoms with Crippen LogP contribution >= 0.6 is 23.1 Å². The zero-order valence-electron chi connectivity index (χ0n) is 13.6. The highest BCUT2D eigenvalue weighted by molar-refractivity contribution is 8.01. The van der Waals surface area contributed by atoms with Crippen LogP contribution in [0, 0.1) is 5.92 Å². The summed E-state index contributed by atoms with van der Waals surface area (Å²) in [5.74, 6) is 0.878. The van der Waals surface area contributed by atoms with Crippen molar-refractivity contribution in [2.24, 2.45) is 5.92 Å². The molecule has 0 aromatic carbocycles. The van der Waals surface area contributed by atoms with E-state index in [0.29, 0.717) is 11.3 Å². The van der Waals surface area contributed by atoms with E-state index in [2.05, 4.69) is 29.4 Å². The first-order valence-electron chi connectivity index (χ1n) is 8.04. The summed E-state index contributed by atoms with van der Waals surface area (Å²) in [5, 5.41) is 14.0. The molecule has 1 aromatic heterocycles. The highest BCUT2D eigenvalue weighted by Gasteiger charge is 2.31. The average molecular weight is 329 g/mol. The van der Waals surface area contributed by atoms with Crippen molar-refractivity contribution in [1.82, 2.24) is 15.5 Å². The van der Waals surface area contributed by atoms with Crippen molar-refractivity contribution in [2.45, 2.75) is 61.6 Å². The summed E-state index contributed by atoms with van der Waals surface area (Å²) >= 11 is 3.64. The highest BCUT2D eigenvalue weighted by Crippen LogP contribution is 2.39. The Balaban J connectivity index is 2.00. The minimum atomic E-state index is 0.629. The summed E-state index contributed by atoms with van der Waals surface area (Å²) in [7, 11) is 4.04. The van der Waals surface area contributed by atoms with Gasteiger partial charge in [-0.2, -0.15) is 0 Å². The third kappa shape index (κ3) is 4.83. The molecule has 0 amide bonds. The summed E-state index contributed by atoms with van der Waals surface area (Å²) < 4.78 is 1.11. The van der Waals surface area contributed by atoms with Gasteiger partial charge in [-0.15, -0.1) is 10.2 Å². The monoisotopic (exact) mass is 328 g/mol. The Morgan fingerprint density at radius 3 is 2.71 bits per heavy atom. The largest absolute Gasteiger partial charge is 0.353 e. The van der Waals surface area contributed by atoms with Crippen LogP contribution in [0.5, 0.6) is 0 Å². The number of nitrogens with one attached hydrogen (secondary N) is 1. The van der Waals surface area contributed by atoms with Crippen LogP contribution in [0.25, 0.3) is 0 Å². The normalized spacial score (nSPS) is 26.0. The molecule has 1 heterocycles. The molecule has 0 radical (unpaired) electrons. The van der Waals surface area contributed by atoms with Crippen LogP contribution in [0.4, 0.5) is 5.13 Å². The van der Waals surface area contributed by atoms with Crippen LogP contribution in [0.15, 0.2) is 4.34 Å². The second kappa shape index (κ2) is 8.34.